The number of imidazole rings is 1. The monoisotopic (exact) mass is 259 g/mol. The van der Waals surface area contributed by atoms with E-state index in [2.05, 4.69) is 15.2 Å². The highest BCUT2D eigenvalue weighted by Gasteiger charge is 2.12. The predicted octanol–water partition coefficient (Wildman–Crippen LogP) is 2.36. The second kappa shape index (κ2) is 3.96. The molecule has 5 nitrogen and oxygen atoms in total. The summed E-state index contributed by atoms with van der Waals surface area (Å²) in [5.41, 5.74) is 8.79. The number of fused-ring (bicyclic) bond motifs is 1. The zero-order valence-corrected chi connectivity index (χ0v) is 10.4. The summed E-state index contributed by atoms with van der Waals surface area (Å²) in [5.74, 6) is 0.990. The van der Waals surface area contributed by atoms with Crippen LogP contribution in [0.2, 0.25) is 5.15 Å². The Balaban J connectivity index is 2.34. The van der Waals surface area contributed by atoms with Gasteiger partial charge in [-0.15, -0.1) is 10.2 Å². The van der Waals surface area contributed by atoms with E-state index >= 15 is 0 Å². The molecule has 90 valence electrons. The first-order chi connectivity index (χ1) is 8.66. The van der Waals surface area contributed by atoms with Gasteiger partial charge in [-0.3, -0.25) is 4.57 Å². The molecular weight excluding hydrogens is 250 g/mol. The van der Waals surface area contributed by atoms with Gasteiger partial charge >= 0.3 is 0 Å². The highest BCUT2D eigenvalue weighted by molar-refractivity contribution is 6.29. The highest BCUT2D eigenvalue weighted by Crippen LogP contribution is 2.24. The molecule has 2 aromatic heterocycles. The number of nitrogen functional groups attached to an aromatic ring is 1. The van der Waals surface area contributed by atoms with Gasteiger partial charge in [-0.25, -0.2) is 4.98 Å². The van der Waals surface area contributed by atoms with Gasteiger partial charge < -0.3 is 5.73 Å². The Morgan fingerprint density at radius 2 is 2.00 bits per heavy atom. The first kappa shape index (κ1) is 11.0. The van der Waals surface area contributed by atoms with E-state index in [1.807, 2.05) is 25.1 Å². The number of rotatable bonds is 1. The van der Waals surface area contributed by atoms with Gasteiger partial charge in [0.25, 0.3) is 0 Å². The molecule has 0 unspecified atom stereocenters. The summed E-state index contributed by atoms with van der Waals surface area (Å²) in [5, 5.41) is 8.20. The van der Waals surface area contributed by atoms with E-state index in [9.17, 15) is 0 Å². The maximum absolute atomic E-state index is 5.94. The third kappa shape index (κ3) is 1.60. The van der Waals surface area contributed by atoms with Crippen molar-refractivity contribution in [1.29, 1.82) is 0 Å². The van der Waals surface area contributed by atoms with Gasteiger partial charge in [0, 0.05) is 0 Å². The Hall–Kier alpha value is -2.14. The van der Waals surface area contributed by atoms with E-state index < -0.39 is 0 Å². The first-order valence-electron chi connectivity index (χ1n) is 5.40. The number of hydrogen-bond acceptors (Lipinski definition) is 4. The second-order valence-electron chi connectivity index (χ2n) is 3.96. The van der Waals surface area contributed by atoms with Gasteiger partial charge in [0.15, 0.2) is 11.0 Å². The van der Waals surface area contributed by atoms with Crippen LogP contribution >= 0.6 is 11.6 Å². The molecule has 0 aliphatic carbocycles. The Labute approximate surface area is 108 Å². The molecular formula is C12H10ClN5. The molecule has 0 amide bonds. The number of nitrogens with two attached hydrogens (primary N) is 1. The fourth-order valence-electron chi connectivity index (χ4n) is 1.97. The van der Waals surface area contributed by atoms with Crippen molar-refractivity contribution < 1.29 is 0 Å². The zero-order valence-electron chi connectivity index (χ0n) is 9.63. The number of benzene rings is 1. The highest BCUT2D eigenvalue weighted by atomic mass is 35.5. The third-order valence-corrected chi connectivity index (χ3v) is 2.95. The van der Waals surface area contributed by atoms with Gasteiger partial charge in [-0.05, 0) is 30.7 Å². The number of aryl methyl sites for hydroxylation is 1. The normalized spacial score (nSPS) is 11.0. The summed E-state index contributed by atoms with van der Waals surface area (Å²) in [7, 11) is 0. The summed E-state index contributed by atoms with van der Waals surface area (Å²) in [6, 6.07) is 9.30. The van der Waals surface area contributed by atoms with Crippen LogP contribution in [0.15, 0.2) is 30.3 Å². The third-order valence-electron chi connectivity index (χ3n) is 2.75. The van der Waals surface area contributed by atoms with E-state index in [-0.39, 0.29) is 0 Å². The molecule has 0 spiro atoms. The van der Waals surface area contributed by atoms with Crippen LogP contribution in [0, 0.1) is 6.92 Å². The molecule has 1 aromatic carbocycles. The molecule has 0 fully saturated rings. The van der Waals surface area contributed by atoms with E-state index in [0.29, 0.717) is 16.9 Å². The van der Waals surface area contributed by atoms with Crippen LogP contribution in [0.1, 0.15) is 5.56 Å². The molecule has 0 saturated heterocycles. The second-order valence-corrected chi connectivity index (χ2v) is 4.35. The van der Waals surface area contributed by atoms with Crippen LogP contribution in [-0.2, 0) is 0 Å². The minimum absolute atomic E-state index is 0.346. The van der Waals surface area contributed by atoms with Gasteiger partial charge in [0.2, 0.25) is 5.95 Å². The molecule has 2 heterocycles. The number of nitrogens with zero attached hydrogens (tertiary/aromatic N) is 4. The van der Waals surface area contributed by atoms with Crippen LogP contribution in [0.4, 0.5) is 5.95 Å². The molecule has 18 heavy (non-hydrogen) atoms. The lowest BCUT2D eigenvalue weighted by molar-refractivity contribution is 0.935. The summed E-state index contributed by atoms with van der Waals surface area (Å²) >= 11 is 5.73. The maximum atomic E-state index is 5.94. The van der Waals surface area contributed by atoms with Crippen molar-refractivity contribution in [2.75, 3.05) is 5.73 Å². The Bertz CT molecular complexity index is 717. The maximum Gasteiger partial charge on any atom is 0.207 e. The molecule has 0 aliphatic heterocycles. The van der Waals surface area contributed by atoms with Gasteiger partial charge in [-0.1, -0.05) is 23.7 Å². The summed E-state index contributed by atoms with van der Waals surface area (Å²) in [4.78, 5) is 4.31. The average molecular weight is 260 g/mol. The first-order valence-corrected chi connectivity index (χ1v) is 5.78. The Kier molecular flexibility index (Phi) is 2.41. The number of para-hydroxylation sites is 1. The van der Waals surface area contributed by atoms with Crippen molar-refractivity contribution >= 4 is 28.6 Å². The molecule has 3 rings (SSSR count). The summed E-state index contributed by atoms with van der Waals surface area (Å²) in [6.45, 7) is 2.00. The number of hydrogen-bond donors (Lipinski definition) is 1. The average Bonchev–Trinajstić information content (AvgIpc) is 2.68. The van der Waals surface area contributed by atoms with Crippen LogP contribution in [0.25, 0.3) is 16.9 Å². The molecule has 3 aromatic rings. The zero-order chi connectivity index (χ0) is 12.7. The topological polar surface area (TPSA) is 69.6 Å². The largest absolute Gasteiger partial charge is 0.369 e. The number of anilines is 1. The smallest absolute Gasteiger partial charge is 0.207 e. The van der Waals surface area contributed by atoms with Crippen LogP contribution in [-0.4, -0.2) is 19.7 Å². The lowest BCUT2D eigenvalue weighted by atomic mass is 10.2. The van der Waals surface area contributed by atoms with Crippen molar-refractivity contribution in [3.8, 4) is 5.82 Å². The van der Waals surface area contributed by atoms with Crippen LogP contribution in [0.3, 0.4) is 0 Å². The number of aromatic nitrogens is 4. The molecule has 6 heteroatoms. The van der Waals surface area contributed by atoms with Gasteiger partial charge in [-0.2, -0.15) is 0 Å². The molecule has 2 N–H and O–H groups in total. The predicted molar refractivity (Wildman–Crippen MR) is 70.8 cm³/mol. The van der Waals surface area contributed by atoms with Crippen molar-refractivity contribution in [3.63, 3.8) is 0 Å². The molecule has 0 radical (unpaired) electrons. The fraction of sp³-hybridized carbons (Fsp3) is 0.0833. The standard InChI is InChI=1S/C12H10ClN5/c1-7-3-2-4-8-11(7)18(12(14)15-8)10-6-5-9(13)16-17-10/h2-6H,1H3,(H2,14,15). The molecule has 0 saturated carbocycles. The van der Waals surface area contributed by atoms with Crippen molar-refractivity contribution in [2.24, 2.45) is 0 Å². The molecule has 0 aliphatic rings. The van der Waals surface area contributed by atoms with Gasteiger partial charge in [0.1, 0.15) is 0 Å². The van der Waals surface area contributed by atoms with Crippen LogP contribution in [0.5, 0.6) is 0 Å². The van der Waals surface area contributed by atoms with Crippen molar-refractivity contribution in [1.82, 2.24) is 19.7 Å². The van der Waals surface area contributed by atoms with E-state index in [1.165, 1.54) is 0 Å². The van der Waals surface area contributed by atoms with Crippen LogP contribution < -0.4 is 5.73 Å². The summed E-state index contributed by atoms with van der Waals surface area (Å²) < 4.78 is 1.77. The Morgan fingerprint density at radius 1 is 1.17 bits per heavy atom. The lowest BCUT2D eigenvalue weighted by Gasteiger charge is -2.06. The van der Waals surface area contributed by atoms with Gasteiger partial charge in [0.05, 0.1) is 11.0 Å². The van der Waals surface area contributed by atoms with Crippen molar-refractivity contribution in [3.05, 3.63) is 41.0 Å². The Morgan fingerprint density at radius 3 is 2.72 bits per heavy atom. The van der Waals surface area contributed by atoms with Crippen molar-refractivity contribution in [2.45, 2.75) is 6.92 Å². The van der Waals surface area contributed by atoms with E-state index in [4.69, 9.17) is 17.3 Å². The lowest BCUT2D eigenvalue weighted by Crippen LogP contribution is -2.04. The molecule has 0 bridgehead atoms. The van der Waals surface area contributed by atoms with E-state index in [1.54, 1.807) is 16.7 Å². The molecule has 0 atom stereocenters. The fourth-order valence-corrected chi connectivity index (χ4v) is 2.07. The SMILES string of the molecule is Cc1cccc2nc(N)n(-c3ccc(Cl)nn3)c12. The summed E-state index contributed by atoms with van der Waals surface area (Å²) in [6.07, 6.45) is 0. The minimum atomic E-state index is 0.346. The quantitative estimate of drug-likeness (QED) is 0.728. The van der Waals surface area contributed by atoms with E-state index in [0.717, 1.165) is 16.6 Å². The minimum Gasteiger partial charge on any atom is -0.369 e. The number of halogens is 1.